The molecule has 0 unspecified atom stereocenters. The third-order valence-electron chi connectivity index (χ3n) is 3.00. The molecule has 0 fully saturated rings. The lowest BCUT2D eigenvalue weighted by Gasteiger charge is -1.96. The van der Waals surface area contributed by atoms with Crippen molar-refractivity contribution in [1.82, 2.24) is 9.97 Å². The van der Waals surface area contributed by atoms with Crippen LogP contribution < -0.4 is 0 Å². The Morgan fingerprint density at radius 2 is 2.00 bits per heavy atom. The maximum Gasteiger partial charge on any atom is 0.149 e. The Hall–Kier alpha value is -2.64. The number of imidazole rings is 1. The smallest absolute Gasteiger partial charge is 0.149 e. The summed E-state index contributed by atoms with van der Waals surface area (Å²) in [6.45, 7) is 0. The van der Waals surface area contributed by atoms with Gasteiger partial charge in [0.15, 0.2) is 0 Å². The minimum absolute atomic E-state index is 0.349. The molecule has 3 rings (SSSR count). The van der Waals surface area contributed by atoms with Gasteiger partial charge in [-0.2, -0.15) is 5.26 Å². The van der Waals surface area contributed by atoms with Gasteiger partial charge in [-0.05, 0) is 42.0 Å². The first kappa shape index (κ1) is 13.3. The number of aromatic amines is 1. The standard InChI is InChI=1S/C16H9ClFN3/c17-12-3-1-10(2-4-12)7-11(9-19)16-20-14-6-5-13(18)8-15(14)21-16/h1-8H,(H,20,21)/b11-7-. The molecule has 0 amide bonds. The number of fused-ring (bicyclic) bond motifs is 1. The van der Waals surface area contributed by atoms with Gasteiger partial charge in [0, 0.05) is 5.02 Å². The predicted molar refractivity (Wildman–Crippen MR) is 81.0 cm³/mol. The molecule has 0 spiro atoms. The minimum Gasteiger partial charge on any atom is -0.337 e. The second kappa shape index (κ2) is 5.39. The second-order valence-electron chi connectivity index (χ2n) is 4.47. The van der Waals surface area contributed by atoms with Gasteiger partial charge in [-0.25, -0.2) is 9.37 Å². The lowest BCUT2D eigenvalue weighted by Crippen LogP contribution is -1.84. The first-order chi connectivity index (χ1) is 10.2. The van der Waals surface area contributed by atoms with Crippen LogP contribution in [0.5, 0.6) is 0 Å². The van der Waals surface area contributed by atoms with Gasteiger partial charge in [-0.3, -0.25) is 0 Å². The summed E-state index contributed by atoms with van der Waals surface area (Å²) in [4.78, 5) is 7.25. The highest BCUT2D eigenvalue weighted by atomic mass is 35.5. The molecule has 0 aliphatic heterocycles. The van der Waals surface area contributed by atoms with E-state index in [0.29, 0.717) is 27.5 Å². The van der Waals surface area contributed by atoms with E-state index in [0.717, 1.165) is 5.56 Å². The number of hydrogen-bond acceptors (Lipinski definition) is 2. The van der Waals surface area contributed by atoms with Crippen molar-refractivity contribution < 1.29 is 4.39 Å². The molecule has 21 heavy (non-hydrogen) atoms. The number of halogens is 2. The summed E-state index contributed by atoms with van der Waals surface area (Å²) in [5, 5.41) is 9.93. The number of H-pyrrole nitrogens is 1. The molecular weight excluding hydrogens is 289 g/mol. The van der Waals surface area contributed by atoms with Crippen LogP contribution in [0.3, 0.4) is 0 Å². The Morgan fingerprint density at radius 1 is 1.24 bits per heavy atom. The molecule has 3 nitrogen and oxygen atoms in total. The molecule has 1 heterocycles. The fourth-order valence-corrected chi connectivity index (χ4v) is 2.11. The van der Waals surface area contributed by atoms with E-state index in [1.165, 1.54) is 12.1 Å². The van der Waals surface area contributed by atoms with Gasteiger partial charge in [0.25, 0.3) is 0 Å². The molecule has 0 saturated heterocycles. The topological polar surface area (TPSA) is 52.5 Å². The first-order valence-electron chi connectivity index (χ1n) is 6.19. The molecule has 0 radical (unpaired) electrons. The highest BCUT2D eigenvalue weighted by Crippen LogP contribution is 2.20. The molecule has 0 saturated carbocycles. The number of nitrogens with zero attached hydrogens (tertiary/aromatic N) is 2. The van der Waals surface area contributed by atoms with Crippen LogP contribution in [0.15, 0.2) is 42.5 Å². The molecule has 0 aliphatic rings. The Labute approximate surface area is 125 Å². The van der Waals surface area contributed by atoms with Crippen molar-refractivity contribution in [3.05, 3.63) is 64.7 Å². The number of nitriles is 1. The number of benzene rings is 2. The molecule has 1 N–H and O–H groups in total. The monoisotopic (exact) mass is 297 g/mol. The minimum atomic E-state index is -0.349. The zero-order valence-electron chi connectivity index (χ0n) is 10.8. The summed E-state index contributed by atoms with van der Waals surface area (Å²) in [6, 6.07) is 13.5. The van der Waals surface area contributed by atoms with Crippen molar-refractivity contribution in [1.29, 1.82) is 5.26 Å². The van der Waals surface area contributed by atoms with Crippen molar-refractivity contribution in [2.24, 2.45) is 0 Å². The van der Waals surface area contributed by atoms with Gasteiger partial charge in [0.2, 0.25) is 0 Å². The maximum absolute atomic E-state index is 13.2. The Balaban J connectivity index is 2.05. The Bertz CT molecular complexity index is 873. The van der Waals surface area contributed by atoms with E-state index < -0.39 is 0 Å². The molecule has 1 aromatic heterocycles. The highest BCUT2D eigenvalue weighted by molar-refractivity contribution is 6.30. The molecule has 0 aliphatic carbocycles. The molecule has 2 aromatic carbocycles. The quantitative estimate of drug-likeness (QED) is 0.712. The summed E-state index contributed by atoms with van der Waals surface area (Å²) >= 11 is 5.83. The number of aromatic nitrogens is 2. The Morgan fingerprint density at radius 3 is 2.71 bits per heavy atom. The largest absolute Gasteiger partial charge is 0.337 e. The highest BCUT2D eigenvalue weighted by Gasteiger charge is 2.08. The summed E-state index contributed by atoms with van der Waals surface area (Å²) in [5.41, 5.74) is 2.38. The van der Waals surface area contributed by atoms with Gasteiger partial charge >= 0.3 is 0 Å². The molecule has 0 atom stereocenters. The van der Waals surface area contributed by atoms with E-state index in [2.05, 4.69) is 16.0 Å². The number of rotatable bonds is 2. The third-order valence-corrected chi connectivity index (χ3v) is 3.25. The van der Waals surface area contributed by atoms with Gasteiger partial charge in [-0.1, -0.05) is 23.7 Å². The summed E-state index contributed by atoms with van der Waals surface area (Å²) < 4.78 is 13.2. The average Bonchev–Trinajstić information content (AvgIpc) is 2.89. The average molecular weight is 298 g/mol. The Kier molecular flexibility index (Phi) is 3.43. The molecule has 0 bridgehead atoms. The SMILES string of the molecule is N#C/C(=C/c1ccc(Cl)cc1)c1nc2ccc(F)cc2[nH]1. The van der Waals surface area contributed by atoms with E-state index in [1.807, 2.05) is 12.1 Å². The molecule has 5 heteroatoms. The van der Waals surface area contributed by atoms with Crippen molar-refractivity contribution in [2.75, 3.05) is 0 Å². The van der Waals surface area contributed by atoms with Crippen LogP contribution in [0, 0.1) is 17.1 Å². The van der Waals surface area contributed by atoms with Crippen LogP contribution in [-0.4, -0.2) is 9.97 Å². The van der Waals surface area contributed by atoms with Crippen molar-refractivity contribution in [3.63, 3.8) is 0 Å². The van der Waals surface area contributed by atoms with Crippen LogP contribution in [-0.2, 0) is 0 Å². The van der Waals surface area contributed by atoms with E-state index in [4.69, 9.17) is 11.6 Å². The van der Waals surface area contributed by atoms with Crippen LogP contribution in [0.1, 0.15) is 11.4 Å². The molecule has 3 aromatic rings. The summed E-state index contributed by atoms with van der Waals surface area (Å²) in [6.07, 6.45) is 1.70. The van der Waals surface area contributed by atoms with Gasteiger partial charge in [0.1, 0.15) is 17.7 Å². The zero-order valence-corrected chi connectivity index (χ0v) is 11.5. The normalized spacial score (nSPS) is 11.6. The van der Waals surface area contributed by atoms with Crippen LogP contribution in [0.25, 0.3) is 22.7 Å². The van der Waals surface area contributed by atoms with E-state index in [-0.39, 0.29) is 5.82 Å². The lowest BCUT2D eigenvalue weighted by molar-refractivity contribution is 0.629. The van der Waals surface area contributed by atoms with Gasteiger partial charge in [0.05, 0.1) is 16.6 Å². The van der Waals surface area contributed by atoms with Crippen molar-refractivity contribution >= 4 is 34.3 Å². The lowest BCUT2D eigenvalue weighted by atomic mass is 10.1. The second-order valence-corrected chi connectivity index (χ2v) is 4.90. The third kappa shape index (κ3) is 2.78. The fraction of sp³-hybridized carbons (Fsp3) is 0. The van der Waals surface area contributed by atoms with E-state index in [9.17, 15) is 9.65 Å². The number of allylic oxidation sites excluding steroid dienone is 1. The van der Waals surface area contributed by atoms with E-state index in [1.54, 1.807) is 24.3 Å². The first-order valence-corrected chi connectivity index (χ1v) is 6.56. The number of nitrogens with one attached hydrogen (secondary N) is 1. The summed E-state index contributed by atoms with van der Waals surface area (Å²) in [7, 11) is 0. The molecular formula is C16H9ClFN3. The van der Waals surface area contributed by atoms with Gasteiger partial charge in [-0.15, -0.1) is 0 Å². The van der Waals surface area contributed by atoms with Crippen LogP contribution in [0.2, 0.25) is 5.02 Å². The zero-order chi connectivity index (χ0) is 14.8. The van der Waals surface area contributed by atoms with Crippen LogP contribution >= 0.6 is 11.6 Å². The van der Waals surface area contributed by atoms with Gasteiger partial charge < -0.3 is 4.98 Å². The van der Waals surface area contributed by atoms with Crippen molar-refractivity contribution in [2.45, 2.75) is 0 Å². The van der Waals surface area contributed by atoms with E-state index >= 15 is 0 Å². The number of hydrogen-bond donors (Lipinski definition) is 1. The predicted octanol–water partition coefficient (Wildman–Crippen LogP) is 4.42. The summed E-state index contributed by atoms with van der Waals surface area (Å²) in [5.74, 6) is 0.0611. The fourth-order valence-electron chi connectivity index (χ4n) is 1.99. The molecule has 102 valence electrons. The maximum atomic E-state index is 13.2. The van der Waals surface area contributed by atoms with Crippen LogP contribution in [0.4, 0.5) is 4.39 Å². The van der Waals surface area contributed by atoms with Crippen molar-refractivity contribution in [3.8, 4) is 6.07 Å².